The van der Waals surface area contributed by atoms with E-state index in [9.17, 15) is 10.1 Å². The van der Waals surface area contributed by atoms with Gasteiger partial charge in [0.2, 0.25) is 0 Å². The Morgan fingerprint density at radius 1 is 1.00 bits per heavy atom. The Morgan fingerprint density at radius 3 is 2.55 bits per heavy atom. The van der Waals surface area contributed by atoms with Crippen LogP contribution >= 0.6 is 0 Å². The number of nitrogen functional groups attached to an aromatic ring is 1. The van der Waals surface area contributed by atoms with Gasteiger partial charge in [0, 0.05) is 0 Å². The minimum atomic E-state index is -0.516. The molecule has 0 aromatic heterocycles. The lowest BCUT2D eigenvalue weighted by atomic mass is 10.1. The van der Waals surface area contributed by atoms with Gasteiger partial charge in [-0.15, -0.1) is 0 Å². The number of nitro benzene ring substituents is 1. The van der Waals surface area contributed by atoms with Crippen LogP contribution in [0, 0.1) is 10.1 Å². The number of hydrogen-bond donors (Lipinski definition) is 1. The van der Waals surface area contributed by atoms with Crippen molar-refractivity contribution in [2.24, 2.45) is 0 Å². The highest BCUT2D eigenvalue weighted by molar-refractivity contribution is 5.82. The number of nitrogens with two attached hydrogens (primary N) is 1. The summed E-state index contributed by atoms with van der Waals surface area (Å²) in [6.45, 7) is 0.339. The molecule has 22 heavy (non-hydrogen) atoms. The smallest absolute Gasteiger partial charge is 0.295 e. The van der Waals surface area contributed by atoms with Gasteiger partial charge in [-0.25, -0.2) is 0 Å². The molecule has 0 unspecified atom stereocenters. The van der Waals surface area contributed by atoms with Crippen molar-refractivity contribution in [2.75, 3.05) is 5.73 Å². The minimum absolute atomic E-state index is 0.128. The molecule has 0 amide bonds. The molecule has 0 aliphatic heterocycles. The van der Waals surface area contributed by atoms with Crippen molar-refractivity contribution in [3.8, 4) is 5.75 Å². The Kier molecular flexibility index (Phi) is 3.62. The Labute approximate surface area is 127 Å². The van der Waals surface area contributed by atoms with Gasteiger partial charge in [0.25, 0.3) is 5.69 Å². The number of anilines is 1. The number of fused-ring (bicyclic) bond motifs is 1. The first kappa shape index (κ1) is 13.9. The Morgan fingerprint density at radius 2 is 1.77 bits per heavy atom. The highest BCUT2D eigenvalue weighted by atomic mass is 16.6. The zero-order valence-electron chi connectivity index (χ0n) is 11.7. The summed E-state index contributed by atoms with van der Waals surface area (Å²) < 4.78 is 5.63. The Bertz CT molecular complexity index is 846. The molecule has 0 aliphatic carbocycles. The van der Waals surface area contributed by atoms with Crippen LogP contribution in [0.15, 0.2) is 60.7 Å². The second-order valence-corrected chi connectivity index (χ2v) is 4.95. The molecule has 0 aliphatic rings. The summed E-state index contributed by atoms with van der Waals surface area (Å²) >= 11 is 0. The van der Waals surface area contributed by atoms with Crippen molar-refractivity contribution in [1.29, 1.82) is 0 Å². The van der Waals surface area contributed by atoms with E-state index in [2.05, 4.69) is 0 Å². The fourth-order valence-electron chi connectivity index (χ4n) is 2.27. The second-order valence-electron chi connectivity index (χ2n) is 4.95. The number of rotatable bonds is 4. The first-order valence-corrected chi connectivity index (χ1v) is 6.78. The maximum absolute atomic E-state index is 10.9. The number of ether oxygens (including phenoxy) is 1. The summed E-state index contributed by atoms with van der Waals surface area (Å²) in [5.41, 5.74) is 6.55. The van der Waals surface area contributed by atoms with Gasteiger partial charge < -0.3 is 10.5 Å². The number of hydrogen-bond acceptors (Lipinski definition) is 4. The van der Waals surface area contributed by atoms with Crippen molar-refractivity contribution in [2.45, 2.75) is 6.61 Å². The van der Waals surface area contributed by atoms with Crippen LogP contribution in [-0.4, -0.2) is 4.92 Å². The lowest BCUT2D eigenvalue weighted by Gasteiger charge is -2.08. The highest BCUT2D eigenvalue weighted by Crippen LogP contribution is 2.27. The molecule has 0 spiro atoms. The molecule has 0 fully saturated rings. The van der Waals surface area contributed by atoms with E-state index < -0.39 is 4.92 Å². The maximum atomic E-state index is 10.9. The summed E-state index contributed by atoms with van der Waals surface area (Å²) in [4.78, 5) is 10.3. The number of nitro groups is 1. The molecule has 110 valence electrons. The monoisotopic (exact) mass is 294 g/mol. The first-order chi connectivity index (χ1) is 10.6. The minimum Gasteiger partial charge on any atom is -0.489 e. The van der Waals surface area contributed by atoms with Crippen LogP contribution in [0.25, 0.3) is 10.8 Å². The van der Waals surface area contributed by atoms with Crippen LogP contribution < -0.4 is 10.5 Å². The molecule has 5 heteroatoms. The van der Waals surface area contributed by atoms with Crippen LogP contribution in [0.2, 0.25) is 0 Å². The van der Waals surface area contributed by atoms with Crippen molar-refractivity contribution >= 4 is 22.1 Å². The van der Waals surface area contributed by atoms with E-state index in [0.29, 0.717) is 12.4 Å². The zero-order valence-corrected chi connectivity index (χ0v) is 11.7. The second kappa shape index (κ2) is 5.73. The summed E-state index contributed by atoms with van der Waals surface area (Å²) in [6.07, 6.45) is 0. The highest BCUT2D eigenvalue weighted by Gasteiger charge is 2.12. The predicted molar refractivity (Wildman–Crippen MR) is 85.8 cm³/mol. The van der Waals surface area contributed by atoms with E-state index in [1.54, 1.807) is 6.07 Å². The lowest BCUT2D eigenvalue weighted by molar-refractivity contribution is -0.384. The third kappa shape index (κ3) is 2.83. The van der Waals surface area contributed by atoms with Gasteiger partial charge in [-0.05, 0) is 34.5 Å². The number of nitrogens with zero attached hydrogens (tertiary/aromatic N) is 1. The molecule has 0 saturated heterocycles. The molecule has 3 aromatic carbocycles. The molecular weight excluding hydrogens is 280 g/mol. The molecular formula is C17H14N2O3. The maximum Gasteiger partial charge on any atom is 0.295 e. The molecule has 2 N–H and O–H groups in total. The van der Waals surface area contributed by atoms with E-state index in [1.807, 2.05) is 42.5 Å². The van der Waals surface area contributed by atoms with Crippen molar-refractivity contribution in [3.05, 3.63) is 76.3 Å². The van der Waals surface area contributed by atoms with E-state index in [4.69, 9.17) is 10.5 Å². The molecule has 0 heterocycles. The number of benzene rings is 3. The molecule has 5 nitrogen and oxygen atoms in total. The van der Waals surface area contributed by atoms with Gasteiger partial charge in [-0.2, -0.15) is 0 Å². The average Bonchev–Trinajstić information content (AvgIpc) is 2.53. The third-order valence-electron chi connectivity index (χ3n) is 3.42. The Hall–Kier alpha value is -3.08. The largest absolute Gasteiger partial charge is 0.489 e. The van der Waals surface area contributed by atoms with Gasteiger partial charge >= 0.3 is 0 Å². The zero-order chi connectivity index (χ0) is 15.5. The van der Waals surface area contributed by atoms with Crippen LogP contribution in [0.5, 0.6) is 5.75 Å². The molecule has 0 atom stereocenters. The molecule has 3 rings (SSSR count). The summed E-state index contributed by atoms with van der Waals surface area (Å²) in [6, 6.07) is 18.6. The van der Waals surface area contributed by atoms with E-state index >= 15 is 0 Å². The van der Waals surface area contributed by atoms with Gasteiger partial charge in [0.1, 0.15) is 18.0 Å². The summed E-state index contributed by atoms with van der Waals surface area (Å²) in [5.74, 6) is 0.425. The normalized spacial score (nSPS) is 10.5. The van der Waals surface area contributed by atoms with Crippen LogP contribution in [-0.2, 0) is 6.61 Å². The van der Waals surface area contributed by atoms with Crippen molar-refractivity contribution in [3.63, 3.8) is 0 Å². The van der Waals surface area contributed by atoms with Crippen LogP contribution in [0.3, 0.4) is 0 Å². The predicted octanol–water partition coefficient (Wildman–Crippen LogP) is 3.91. The van der Waals surface area contributed by atoms with Gasteiger partial charge in [0.15, 0.2) is 0 Å². The molecule has 0 radical (unpaired) electrons. The molecule has 0 bridgehead atoms. The first-order valence-electron chi connectivity index (χ1n) is 6.78. The van der Waals surface area contributed by atoms with Crippen molar-refractivity contribution in [1.82, 2.24) is 0 Å². The van der Waals surface area contributed by atoms with Gasteiger partial charge in [-0.3, -0.25) is 10.1 Å². The standard InChI is InChI=1S/C17H14N2O3/c18-16-8-7-15(10-17(16)19(20)21)22-11-12-5-6-13-3-1-2-4-14(13)9-12/h1-10H,11,18H2. The lowest BCUT2D eigenvalue weighted by Crippen LogP contribution is -1.99. The molecule has 3 aromatic rings. The van der Waals surface area contributed by atoms with Gasteiger partial charge in [0.05, 0.1) is 11.0 Å². The average molecular weight is 294 g/mol. The third-order valence-corrected chi connectivity index (χ3v) is 3.42. The SMILES string of the molecule is Nc1ccc(OCc2ccc3ccccc3c2)cc1[N+](=O)[O-]. The summed E-state index contributed by atoms with van der Waals surface area (Å²) in [7, 11) is 0. The van der Waals surface area contributed by atoms with Crippen molar-refractivity contribution < 1.29 is 9.66 Å². The van der Waals surface area contributed by atoms with Crippen LogP contribution in [0.1, 0.15) is 5.56 Å². The van der Waals surface area contributed by atoms with Crippen LogP contribution in [0.4, 0.5) is 11.4 Å². The fourth-order valence-corrected chi connectivity index (χ4v) is 2.27. The van der Waals surface area contributed by atoms with E-state index in [0.717, 1.165) is 16.3 Å². The quantitative estimate of drug-likeness (QED) is 0.449. The van der Waals surface area contributed by atoms with E-state index in [-0.39, 0.29) is 11.4 Å². The molecule has 0 saturated carbocycles. The fraction of sp³-hybridized carbons (Fsp3) is 0.0588. The van der Waals surface area contributed by atoms with Gasteiger partial charge in [-0.1, -0.05) is 36.4 Å². The Balaban J connectivity index is 1.79. The van der Waals surface area contributed by atoms with E-state index in [1.165, 1.54) is 12.1 Å². The summed E-state index contributed by atoms with van der Waals surface area (Å²) in [5, 5.41) is 13.2. The topological polar surface area (TPSA) is 78.4 Å².